The highest BCUT2D eigenvalue weighted by atomic mass is 19.1. The summed E-state index contributed by atoms with van der Waals surface area (Å²) in [6.07, 6.45) is 2.21. The summed E-state index contributed by atoms with van der Waals surface area (Å²) in [7, 11) is 5.48. The van der Waals surface area contributed by atoms with Crippen LogP contribution in [-0.4, -0.2) is 56.3 Å². The van der Waals surface area contributed by atoms with Crippen LogP contribution in [0.25, 0.3) is 56.7 Å². The van der Waals surface area contributed by atoms with Crippen molar-refractivity contribution >= 4 is 63.8 Å². The number of halogens is 2. The van der Waals surface area contributed by atoms with Crippen molar-refractivity contribution in [2.45, 2.75) is 39.8 Å². The first kappa shape index (κ1) is 59.9. The Labute approximate surface area is 504 Å². The summed E-state index contributed by atoms with van der Waals surface area (Å²) in [4.78, 5) is 64.4. The molecule has 8 aromatic carbocycles. The Balaban J connectivity index is 0.967. The summed E-state index contributed by atoms with van der Waals surface area (Å²) >= 11 is 0. The number of fused-ring (bicyclic) bond motifs is 2. The van der Waals surface area contributed by atoms with Gasteiger partial charge in [-0.1, -0.05) is 72.8 Å². The fourth-order valence-corrected chi connectivity index (χ4v) is 10.9. The molecule has 444 valence electrons. The molecule has 19 heteroatoms. The van der Waals surface area contributed by atoms with Crippen LogP contribution >= 0.6 is 0 Å². The number of amides is 2. The lowest BCUT2D eigenvalue weighted by Crippen LogP contribution is -2.22. The largest absolute Gasteiger partial charge is 0.519 e. The van der Waals surface area contributed by atoms with Crippen LogP contribution in [0.15, 0.2) is 169 Å². The van der Waals surface area contributed by atoms with Crippen molar-refractivity contribution in [3.05, 3.63) is 245 Å². The molecule has 0 aromatic heterocycles. The summed E-state index contributed by atoms with van der Waals surface area (Å²) in [5.74, 6) is -1.47. The van der Waals surface area contributed by atoms with Crippen LogP contribution in [0.2, 0.25) is 0 Å². The number of hydrogen-bond acceptors (Lipinski definition) is 13. The van der Waals surface area contributed by atoms with Gasteiger partial charge in [0, 0.05) is 48.5 Å². The number of ether oxygens (including phenoxy) is 6. The summed E-state index contributed by atoms with van der Waals surface area (Å²) in [6.45, 7) is 4.30. The number of benzene rings is 8. The van der Waals surface area contributed by atoms with E-state index in [4.69, 9.17) is 28.4 Å². The van der Waals surface area contributed by atoms with E-state index in [9.17, 15) is 43.4 Å². The standard InChI is InChI=1S/C69H56F2N4O13/c1-39-51(49-21-17-45(70)31-55(49)53(39)35-65(76)72-37-41-13-9-7-10-14-41)25-43-27-61(83-3)67(62(28-43)84-4)57-33-47(74(79)80)19-23-59(57)87-69(78)88-60-24-20-48(75(81)82)34-58(60)68-63(85-5)29-44(30-64(68)86-6)26-52-40(2)54(56-32-46(71)18-22-50(52)56)36-66(77)73-38-42-15-11-8-12-16-42/h7-34H,35-38H2,1-6H3,(H,72,76)(H,73,77)/b51-25+,52-26+. The van der Waals surface area contributed by atoms with Crippen molar-refractivity contribution in [1.82, 2.24) is 10.6 Å². The number of allylic oxidation sites excluding steroid dienone is 4. The molecule has 0 unspecified atom stereocenters. The number of nitro benzene ring substituents is 2. The number of carbonyl (C=O) groups excluding carboxylic acids is 3. The van der Waals surface area contributed by atoms with E-state index in [0.29, 0.717) is 68.8 Å². The molecule has 0 bridgehead atoms. The Morgan fingerprint density at radius 3 is 1.16 bits per heavy atom. The number of carbonyl (C=O) groups is 3. The molecule has 0 spiro atoms. The van der Waals surface area contributed by atoms with E-state index in [1.165, 1.54) is 77.0 Å². The van der Waals surface area contributed by atoms with Crippen LogP contribution in [0.5, 0.6) is 34.5 Å². The zero-order chi connectivity index (χ0) is 62.3. The zero-order valence-electron chi connectivity index (χ0n) is 48.5. The number of nitrogens with zero attached hydrogens (tertiary/aromatic N) is 2. The van der Waals surface area contributed by atoms with E-state index in [1.807, 2.05) is 86.7 Å². The number of nitro groups is 2. The van der Waals surface area contributed by atoms with Crippen molar-refractivity contribution in [2.75, 3.05) is 28.4 Å². The molecule has 0 fully saturated rings. The van der Waals surface area contributed by atoms with E-state index < -0.39 is 39.0 Å². The predicted octanol–water partition coefficient (Wildman–Crippen LogP) is 14.8. The van der Waals surface area contributed by atoms with Crippen molar-refractivity contribution in [1.29, 1.82) is 0 Å². The second-order valence-corrected chi connectivity index (χ2v) is 20.5. The van der Waals surface area contributed by atoms with Crippen molar-refractivity contribution < 1.29 is 61.4 Å². The Morgan fingerprint density at radius 1 is 0.455 bits per heavy atom. The van der Waals surface area contributed by atoms with Gasteiger partial charge in [-0.05, 0) is 165 Å². The van der Waals surface area contributed by atoms with Gasteiger partial charge in [0.2, 0.25) is 11.8 Å². The number of nitrogens with one attached hydrogen (secondary N) is 2. The van der Waals surface area contributed by atoms with Crippen LogP contribution in [-0.2, 0) is 22.7 Å². The van der Waals surface area contributed by atoms with Crippen LogP contribution in [0, 0.1) is 31.9 Å². The molecular formula is C69H56F2N4O13. The van der Waals surface area contributed by atoms with E-state index in [-0.39, 0.29) is 81.4 Å². The van der Waals surface area contributed by atoms with Crippen LogP contribution in [0.1, 0.15) is 71.2 Å². The topological polar surface area (TPSA) is 217 Å². The molecule has 2 amide bonds. The average molecular weight is 1190 g/mol. The average Bonchev–Trinajstić information content (AvgIpc) is 2.78. The second kappa shape index (κ2) is 26.0. The van der Waals surface area contributed by atoms with E-state index >= 15 is 0 Å². The number of rotatable bonds is 20. The van der Waals surface area contributed by atoms with Crippen LogP contribution in [0.3, 0.4) is 0 Å². The minimum atomic E-state index is -1.37. The lowest BCUT2D eigenvalue weighted by atomic mass is 9.96. The highest BCUT2D eigenvalue weighted by molar-refractivity contribution is 6.10. The molecule has 10 rings (SSSR count). The minimum Gasteiger partial charge on any atom is -0.496 e. The van der Waals surface area contributed by atoms with Gasteiger partial charge in [-0.25, -0.2) is 13.6 Å². The third kappa shape index (κ3) is 12.7. The molecule has 0 atom stereocenters. The highest BCUT2D eigenvalue weighted by Gasteiger charge is 2.31. The minimum absolute atomic E-state index is 0.0301. The molecule has 0 aliphatic heterocycles. The molecule has 0 saturated heterocycles. The molecule has 2 N–H and O–H groups in total. The first-order valence-electron chi connectivity index (χ1n) is 27.5. The summed E-state index contributed by atoms with van der Waals surface area (Å²) in [5.41, 5.74) is 8.82. The van der Waals surface area contributed by atoms with E-state index in [2.05, 4.69) is 10.6 Å². The lowest BCUT2D eigenvalue weighted by Gasteiger charge is -2.19. The molecule has 8 aromatic rings. The Hall–Kier alpha value is -11.2. The Kier molecular flexibility index (Phi) is 17.7. The van der Waals surface area contributed by atoms with Gasteiger partial charge in [-0.2, -0.15) is 0 Å². The molecule has 88 heavy (non-hydrogen) atoms. The van der Waals surface area contributed by atoms with Crippen molar-refractivity contribution in [3.63, 3.8) is 0 Å². The maximum absolute atomic E-state index is 14.9. The molecule has 0 saturated carbocycles. The maximum atomic E-state index is 14.9. The monoisotopic (exact) mass is 1190 g/mol. The second-order valence-electron chi connectivity index (χ2n) is 20.5. The SMILES string of the molecule is COc1cc(/C=C2\C(C)=C(CC(=O)NCc3ccccc3)c3cc(F)ccc32)cc(OC)c1-c1cc([N+](=O)[O-])ccc1OC(=O)Oc1ccc([N+](=O)[O-])cc1-c1c(OC)cc(/C=C2\C(C)=C(CC(=O)NCc3ccccc3)c3cc(F)ccc32)cc1OC. The predicted molar refractivity (Wildman–Crippen MR) is 329 cm³/mol. The highest BCUT2D eigenvalue weighted by Crippen LogP contribution is 2.51. The van der Waals surface area contributed by atoms with Gasteiger partial charge in [0.15, 0.2) is 0 Å². The molecular weight excluding hydrogens is 1130 g/mol. The Morgan fingerprint density at radius 2 is 0.818 bits per heavy atom. The van der Waals surface area contributed by atoms with Gasteiger partial charge in [0.25, 0.3) is 11.4 Å². The maximum Gasteiger partial charge on any atom is 0.519 e. The first-order valence-corrected chi connectivity index (χ1v) is 27.5. The fraction of sp³-hybridized carbons (Fsp3) is 0.145. The fourth-order valence-electron chi connectivity index (χ4n) is 10.9. The van der Waals surface area contributed by atoms with Gasteiger partial charge in [0.1, 0.15) is 46.1 Å². The number of hydrogen-bond donors (Lipinski definition) is 2. The molecule has 2 aliphatic rings. The van der Waals surface area contributed by atoms with Crippen molar-refractivity contribution in [3.8, 4) is 56.8 Å². The van der Waals surface area contributed by atoms with E-state index in [1.54, 1.807) is 36.4 Å². The van der Waals surface area contributed by atoms with Crippen molar-refractivity contribution in [2.24, 2.45) is 0 Å². The summed E-state index contributed by atoms with van der Waals surface area (Å²) < 4.78 is 65.2. The third-order valence-electron chi connectivity index (χ3n) is 15.2. The van der Waals surface area contributed by atoms with Gasteiger partial charge >= 0.3 is 6.16 Å². The Bertz CT molecular complexity index is 3950. The third-order valence-corrected chi connectivity index (χ3v) is 15.2. The normalized spacial score (nSPS) is 13.2. The van der Waals surface area contributed by atoms with E-state index in [0.717, 1.165) is 34.4 Å². The molecule has 0 heterocycles. The lowest BCUT2D eigenvalue weighted by molar-refractivity contribution is -0.385. The van der Waals surface area contributed by atoms with Gasteiger partial charge in [0.05, 0.1) is 62.3 Å². The molecule has 2 aliphatic carbocycles. The van der Waals surface area contributed by atoms with Crippen LogP contribution < -0.4 is 39.1 Å². The summed E-state index contributed by atoms with van der Waals surface area (Å²) in [6, 6.07) is 41.1. The number of methoxy groups -OCH3 is 4. The molecule has 17 nitrogen and oxygen atoms in total. The van der Waals surface area contributed by atoms with Gasteiger partial charge in [-0.3, -0.25) is 29.8 Å². The first-order chi connectivity index (χ1) is 42.4. The number of non-ortho nitro benzene ring substituents is 2. The quantitative estimate of drug-likeness (QED) is 0.0315. The smallest absolute Gasteiger partial charge is 0.496 e. The summed E-state index contributed by atoms with van der Waals surface area (Å²) in [5, 5.41) is 30.6. The van der Waals surface area contributed by atoms with Gasteiger partial charge < -0.3 is 39.1 Å². The zero-order valence-corrected chi connectivity index (χ0v) is 48.5. The van der Waals surface area contributed by atoms with Gasteiger partial charge in [-0.15, -0.1) is 0 Å². The molecule has 0 radical (unpaired) electrons. The van der Waals surface area contributed by atoms with Crippen LogP contribution in [0.4, 0.5) is 25.0 Å².